The molecule has 1 fully saturated rings. The molecule has 0 atom stereocenters. The summed E-state index contributed by atoms with van der Waals surface area (Å²) in [6, 6.07) is 10.7. The Morgan fingerprint density at radius 3 is 2.50 bits per heavy atom. The Hall–Kier alpha value is -0.690. The summed E-state index contributed by atoms with van der Waals surface area (Å²) in [5, 5.41) is 0. The molecule has 0 spiro atoms. The van der Waals surface area contributed by atoms with Crippen molar-refractivity contribution >= 4 is 11.8 Å². The fourth-order valence-electron chi connectivity index (χ4n) is 1.68. The van der Waals surface area contributed by atoms with Crippen molar-refractivity contribution in [1.29, 1.82) is 0 Å². The van der Waals surface area contributed by atoms with E-state index in [-0.39, 0.29) is 0 Å². The molecule has 2 rings (SSSR count). The lowest BCUT2D eigenvalue weighted by atomic mass is 10.1. The van der Waals surface area contributed by atoms with Crippen LogP contribution in [0, 0.1) is 0 Å². The van der Waals surface area contributed by atoms with Crippen LogP contribution >= 0.6 is 11.8 Å². The Bertz CT molecular complexity index is 322. The topological polar surface area (TPSA) is 0 Å². The largest absolute Gasteiger partial charge is 0.115 e. The lowest BCUT2D eigenvalue weighted by Gasteiger charge is -2.16. The number of hydrogen-bond donors (Lipinski definition) is 0. The van der Waals surface area contributed by atoms with Crippen LogP contribution in [0.3, 0.4) is 0 Å². The smallest absolute Gasteiger partial charge is 0.0413 e. The van der Waals surface area contributed by atoms with Crippen LogP contribution < -0.4 is 0 Å². The summed E-state index contributed by atoms with van der Waals surface area (Å²) in [5.41, 5.74) is 1.41. The van der Waals surface area contributed by atoms with Crippen LogP contribution in [0.15, 0.2) is 47.4 Å². The molecule has 1 saturated carbocycles. The Morgan fingerprint density at radius 1 is 1.36 bits per heavy atom. The standard InChI is InChI=1S/C13H16S/c1-3-11(2)13(9-10-13)14-12-7-5-4-6-8-12/h4-8H,2-3,9-10H2,1H3. The highest BCUT2D eigenvalue weighted by Gasteiger charge is 2.45. The van der Waals surface area contributed by atoms with Gasteiger partial charge >= 0.3 is 0 Å². The van der Waals surface area contributed by atoms with Gasteiger partial charge in [0, 0.05) is 9.64 Å². The first-order valence-electron chi connectivity index (χ1n) is 5.19. The van der Waals surface area contributed by atoms with Gasteiger partial charge in [-0.1, -0.05) is 37.3 Å². The predicted octanol–water partition coefficient (Wildman–Crippen LogP) is 4.28. The maximum atomic E-state index is 4.18. The number of hydrogen-bond acceptors (Lipinski definition) is 1. The zero-order valence-electron chi connectivity index (χ0n) is 8.62. The van der Waals surface area contributed by atoms with Gasteiger partial charge in [0.25, 0.3) is 0 Å². The van der Waals surface area contributed by atoms with E-state index in [2.05, 4.69) is 43.8 Å². The molecule has 0 saturated heterocycles. The molecule has 0 heterocycles. The lowest BCUT2D eigenvalue weighted by molar-refractivity contribution is 0.962. The first-order chi connectivity index (χ1) is 6.77. The highest BCUT2D eigenvalue weighted by Crippen LogP contribution is 2.56. The molecule has 74 valence electrons. The maximum absolute atomic E-state index is 4.18. The van der Waals surface area contributed by atoms with Gasteiger partial charge in [0.2, 0.25) is 0 Å². The number of rotatable bonds is 4. The van der Waals surface area contributed by atoms with Gasteiger partial charge in [-0.25, -0.2) is 0 Å². The van der Waals surface area contributed by atoms with Crippen LogP contribution in [-0.2, 0) is 0 Å². The van der Waals surface area contributed by atoms with Gasteiger partial charge in [-0.15, -0.1) is 11.8 Å². The first kappa shape index (κ1) is 9.85. The monoisotopic (exact) mass is 204 g/mol. The van der Waals surface area contributed by atoms with Crippen LogP contribution in [0.25, 0.3) is 0 Å². The van der Waals surface area contributed by atoms with E-state index < -0.39 is 0 Å². The van der Waals surface area contributed by atoms with Crippen molar-refractivity contribution in [2.75, 3.05) is 0 Å². The van der Waals surface area contributed by atoms with Gasteiger partial charge < -0.3 is 0 Å². The molecule has 0 radical (unpaired) electrons. The Labute approximate surface area is 90.4 Å². The van der Waals surface area contributed by atoms with E-state index in [1.807, 2.05) is 11.8 Å². The van der Waals surface area contributed by atoms with Crippen molar-refractivity contribution in [3.05, 3.63) is 42.5 Å². The summed E-state index contributed by atoms with van der Waals surface area (Å²) >= 11 is 1.99. The van der Waals surface area contributed by atoms with Crippen molar-refractivity contribution in [2.45, 2.75) is 35.8 Å². The quantitative estimate of drug-likeness (QED) is 0.660. The maximum Gasteiger partial charge on any atom is 0.0413 e. The molecule has 0 amide bonds. The van der Waals surface area contributed by atoms with Crippen molar-refractivity contribution in [3.8, 4) is 0 Å². The second-order valence-corrected chi connectivity index (χ2v) is 5.32. The van der Waals surface area contributed by atoms with Crippen molar-refractivity contribution < 1.29 is 0 Å². The highest BCUT2D eigenvalue weighted by atomic mass is 32.2. The van der Waals surface area contributed by atoms with Gasteiger partial charge in [0.15, 0.2) is 0 Å². The summed E-state index contributed by atoms with van der Waals surface area (Å²) in [6.45, 7) is 6.39. The Balaban J connectivity index is 2.08. The van der Waals surface area contributed by atoms with Crippen LogP contribution in [0.1, 0.15) is 26.2 Å². The third-order valence-corrected chi connectivity index (χ3v) is 4.43. The molecule has 0 aromatic heterocycles. The van der Waals surface area contributed by atoms with Crippen LogP contribution in [0.2, 0.25) is 0 Å². The van der Waals surface area contributed by atoms with Gasteiger partial charge in [0.05, 0.1) is 0 Å². The Morgan fingerprint density at radius 2 is 2.00 bits per heavy atom. The molecule has 1 aliphatic carbocycles. The minimum absolute atomic E-state index is 0.385. The van der Waals surface area contributed by atoms with E-state index >= 15 is 0 Å². The van der Waals surface area contributed by atoms with Crippen molar-refractivity contribution in [2.24, 2.45) is 0 Å². The summed E-state index contributed by atoms with van der Waals surface area (Å²) in [5.74, 6) is 0. The van der Waals surface area contributed by atoms with Crippen molar-refractivity contribution in [3.63, 3.8) is 0 Å². The van der Waals surface area contributed by atoms with E-state index in [0.717, 1.165) is 6.42 Å². The Kier molecular flexibility index (Phi) is 2.69. The van der Waals surface area contributed by atoms with Gasteiger partial charge in [-0.2, -0.15) is 0 Å². The van der Waals surface area contributed by atoms with Gasteiger partial charge in [-0.05, 0) is 31.4 Å². The number of benzene rings is 1. The molecule has 14 heavy (non-hydrogen) atoms. The minimum atomic E-state index is 0.385. The van der Waals surface area contributed by atoms with Crippen molar-refractivity contribution in [1.82, 2.24) is 0 Å². The molecule has 0 N–H and O–H groups in total. The van der Waals surface area contributed by atoms with Gasteiger partial charge in [-0.3, -0.25) is 0 Å². The molecule has 0 bridgehead atoms. The van der Waals surface area contributed by atoms with Crippen LogP contribution in [-0.4, -0.2) is 4.75 Å². The summed E-state index contributed by atoms with van der Waals surface area (Å²) in [7, 11) is 0. The van der Waals surface area contributed by atoms with Crippen LogP contribution in [0.5, 0.6) is 0 Å². The van der Waals surface area contributed by atoms with Gasteiger partial charge in [0.1, 0.15) is 0 Å². The van der Waals surface area contributed by atoms with E-state index in [1.165, 1.54) is 23.3 Å². The molecular weight excluding hydrogens is 188 g/mol. The first-order valence-corrected chi connectivity index (χ1v) is 6.01. The highest BCUT2D eigenvalue weighted by molar-refractivity contribution is 8.01. The second-order valence-electron chi connectivity index (χ2n) is 3.87. The average Bonchev–Trinajstić information content (AvgIpc) is 2.99. The molecular formula is C13H16S. The SMILES string of the molecule is C=C(CC)C1(Sc2ccccc2)CC1. The van der Waals surface area contributed by atoms with E-state index in [1.54, 1.807) is 0 Å². The molecule has 1 heteroatoms. The zero-order chi connectivity index (χ0) is 10.0. The third kappa shape index (κ3) is 1.88. The lowest BCUT2D eigenvalue weighted by Crippen LogP contribution is -2.04. The molecule has 0 unspecified atom stereocenters. The summed E-state index contributed by atoms with van der Waals surface area (Å²) in [6.07, 6.45) is 3.72. The molecule has 0 nitrogen and oxygen atoms in total. The van der Waals surface area contributed by atoms with E-state index in [4.69, 9.17) is 0 Å². The zero-order valence-corrected chi connectivity index (χ0v) is 9.44. The summed E-state index contributed by atoms with van der Waals surface area (Å²) in [4.78, 5) is 1.37. The molecule has 1 aromatic carbocycles. The molecule has 0 aliphatic heterocycles. The second kappa shape index (κ2) is 3.82. The summed E-state index contributed by atoms with van der Waals surface area (Å²) < 4.78 is 0.385. The fraction of sp³-hybridized carbons (Fsp3) is 0.385. The minimum Gasteiger partial charge on any atom is -0.115 e. The van der Waals surface area contributed by atoms with E-state index in [9.17, 15) is 0 Å². The predicted molar refractivity (Wildman–Crippen MR) is 63.7 cm³/mol. The molecule has 1 aromatic rings. The average molecular weight is 204 g/mol. The normalized spacial score (nSPS) is 17.8. The third-order valence-electron chi connectivity index (χ3n) is 2.83. The molecule has 1 aliphatic rings. The fourth-order valence-corrected chi connectivity index (χ4v) is 3.02. The van der Waals surface area contributed by atoms with E-state index in [0.29, 0.717) is 4.75 Å². The number of thioether (sulfide) groups is 1. The van der Waals surface area contributed by atoms with Crippen LogP contribution in [0.4, 0.5) is 0 Å².